The third-order valence-corrected chi connectivity index (χ3v) is 3.55. The van der Waals surface area contributed by atoms with Crippen LogP contribution < -0.4 is 4.74 Å². The number of methoxy groups -OCH3 is 1. The fraction of sp³-hybridized carbons (Fsp3) is 0.143. The Labute approximate surface area is 119 Å². The van der Waals surface area contributed by atoms with E-state index in [-0.39, 0.29) is 0 Å². The molecule has 1 atom stereocenters. The first-order valence-corrected chi connectivity index (χ1v) is 6.56. The fourth-order valence-electron chi connectivity index (χ4n) is 1.69. The second-order valence-corrected chi connectivity index (χ2v) is 5.14. The molecule has 0 amide bonds. The molecule has 2 rings (SSSR count). The standard InChI is InChI=1S/C14H12BrClO2/c1-18-13-7-4-10(8-12(13)15)14(17)9-2-5-11(16)6-3-9/h2-8,14,17H,1H3. The van der Waals surface area contributed by atoms with Crippen molar-refractivity contribution in [3.8, 4) is 5.75 Å². The molecule has 0 aromatic heterocycles. The molecule has 0 spiro atoms. The largest absolute Gasteiger partial charge is 0.496 e. The lowest BCUT2D eigenvalue weighted by atomic mass is 10.0. The number of halogens is 2. The Morgan fingerprint density at radius 3 is 2.28 bits per heavy atom. The summed E-state index contributed by atoms with van der Waals surface area (Å²) in [6.45, 7) is 0. The minimum absolute atomic E-state index is 0.655. The van der Waals surface area contributed by atoms with Crippen LogP contribution >= 0.6 is 27.5 Å². The van der Waals surface area contributed by atoms with Crippen molar-refractivity contribution in [1.82, 2.24) is 0 Å². The summed E-state index contributed by atoms with van der Waals surface area (Å²) < 4.78 is 5.97. The number of hydrogen-bond acceptors (Lipinski definition) is 2. The number of aliphatic hydroxyl groups is 1. The zero-order valence-electron chi connectivity index (χ0n) is 9.73. The second-order valence-electron chi connectivity index (χ2n) is 3.85. The van der Waals surface area contributed by atoms with E-state index in [4.69, 9.17) is 16.3 Å². The first kappa shape index (κ1) is 13.4. The lowest BCUT2D eigenvalue weighted by Gasteiger charge is -2.13. The van der Waals surface area contributed by atoms with Crippen molar-refractivity contribution >= 4 is 27.5 Å². The molecule has 0 fully saturated rings. The summed E-state index contributed by atoms with van der Waals surface area (Å²) in [5.74, 6) is 0.738. The summed E-state index contributed by atoms with van der Waals surface area (Å²) in [7, 11) is 1.61. The molecule has 0 bridgehead atoms. The number of benzene rings is 2. The van der Waals surface area contributed by atoms with E-state index in [2.05, 4.69) is 15.9 Å². The third kappa shape index (κ3) is 2.86. The second kappa shape index (κ2) is 5.74. The SMILES string of the molecule is COc1ccc(C(O)c2ccc(Cl)cc2)cc1Br. The smallest absolute Gasteiger partial charge is 0.133 e. The first-order valence-electron chi connectivity index (χ1n) is 5.39. The first-order chi connectivity index (χ1) is 8.61. The third-order valence-electron chi connectivity index (χ3n) is 2.68. The predicted octanol–water partition coefficient (Wildman–Crippen LogP) is 4.19. The van der Waals surface area contributed by atoms with E-state index in [9.17, 15) is 5.11 Å². The van der Waals surface area contributed by atoms with Gasteiger partial charge in [0.05, 0.1) is 11.6 Å². The summed E-state index contributed by atoms with van der Waals surface area (Å²) in [5.41, 5.74) is 1.60. The maximum atomic E-state index is 10.3. The van der Waals surface area contributed by atoms with Crippen LogP contribution in [-0.4, -0.2) is 12.2 Å². The maximum absolute atomic E-state index is 10.3. The van der Waals surface area contributed by atoms with Crippen molar-refractivity contribution in [3.63, 3.8) is 0 Å². The van der Waals surface area contributed by atoms with Gasteiger partial charge >= 0.3 is 0 Å². The van der Waals surface area contributed by atoms with Gasteiger partial charge in [-0.3, -0.25) is 0 Å². The van der Waals surface area contributed by atoms with Gasteiger partial charge in [0.1, 0.15) is 11.9 Å². The van der Waals surface area contributed by atoms with Gasteiger partial charge in [0.15, 0.2) is 0 Å². The minimum atomic E-state index is -0.676. The molecule has 0 aliphatic rings. The normalized spacial score (nSPS) is 12.2. The Kier molecular flexibility index (Phi) is 4.27. The monoisotopic (exact) mass is 326 g/mol. The zero-order valence-corrected chi connectivity index (χ0v) is 12.1. The number of aliphatic hydroxyl groups excluding tert-OH is 1. The zero-order chi connectivity index (χ0) is 13.1. The van der Waals surface area contributed by atoms with Crippen LogP contribution in [0.2, 0.25) is 5.02 Å². The average Bonchev–Trinajstić information content (AvgIpc) is 2.38. The molecule has 1 N–H and O–H groups in total. The van der Waals surface area contributed by atoms with Crippen molar-refractivity contribution in [2.45, 2.75) is 6.10 Å². The van der Waals surface area contributed by atoms with E-state index in [0.29, 0.717) is 5.02 Å². The lowest BCUT2D eigenvalue weighted by molar-refractivity contribution is 0.220. The Bertz CT molecular complexity index is 540. The number of rotatable bonds is 3. The van der Waals surface area contributed by atoms with Gasteiger partial charge in [-0.25, -0.2) is 0 Å². The van der Waals surface area contributed by atoms with E-state index >= 15 is 0 Å². The average molecular weight is 328 g/mol. The van der Waals surface area contributed by atoms with Gasteiger partial charge in [0.2, 0.25) is 0 Å². The topological polar surface area (TPSA) is 29.5 Å². The predicted molar refractivity (Wildman–Crippen MR) is 76.2 cm³/mol. The molecule has 0 aliphatic heterocycles. The highest BCUT2D eigenvalue weighted by atomic mass is 79.9. The van der Waals surface area contributed by atoms with Crippen LogP contribution in [0.15, 0.2) is 46.9 Å². The molecule has 0 radical (unpaired) electrons. The van der Waals surface area contributed by atoms with E-state index < -0.39 is 6.10 Å². The maximum Gasteiger partial charge on any atom is 0.133 e. The molecule has 18 heavy (non-hydrogen) atoms. The van der Waals surface area contributed by atoms with Gasteiger partial charge in [-0.2, -0.15) is 0 Å². The Morgan fingerprint density at radius 1 is 1.11 bits per heavy atom. The number of ether oxygens (including phenoxy) is 1. The van der Waals surface area contributed by atoms with E-state index in [1.807, 2.05) is 30.3 Å². The van der Waals surface area contributed by atoms with Crippen LogP contribution in [0, 0.1) is 0 Å². The fourth-order valence-corrected chi connectivity index (χ4v) is 2.37. The van der Waals surface area contributed by atoms with Crippen molar-refractivity contribution in [3.05, 3.63) is 63.1 Å². The Hall–Kier alpha value is -1.03. The van der Waals surface area contributed by atoms with Crippen molar-refractivity contribution in [1.29, 1.82) is 0 Å². The van der Waals surface area contributed by atoms with Crippen LogP contribution in [0.1, 0.15) is 17.2 Å². The van der Waals surface area contributed by atoms with Crippen LogP contribution in [0.25, 0.3) is 0 Å². The molecule has 2 aromatic carbocycles. The van der Waals surface area contributed by atoms with E-state index in [0.717, 1.165) is 21.3 Å². The highest BCUT2D eigenvalue weighted by Crippen LogP contribution is 2.30. The van der Waals surface area contributed by atoms with Gasteiger partial charge in [0.25, 0.3) is 0 Å². The van der Waals surface area contributed by atoms with E-state index in [1.54, 1.807) is 19.2 Å². The summed E-state index contributed by atoms with van der Waals surface area (Å²) in [6, 6.07) is 12.6. The molecule has 2 nitrogen and oxygen atoms in total. The molecule has 0 heterocycles. The van der Waals surface area contributed by atoms with Crippen LogP contribution in [-0.2, 0) is 0 Å². The molecule has 0 saturated heterocycles. The highest BCUT2D eigenvalue weighted by molar-refractivity contribution is 9.10. The molecule has 94 valence electrons. The van der Waals surface area contributed by atoms with Gasteiger partial charge in [0, 0.05) is 5.02 Å². The minimum Gasteiger partial charge on any atom is -0.496 e. The van der Waals surface area contributed by atoms with Crippen LogP contribution in [0.5, 0.6) is 5.75 Å². The van der Waals surface area contributed by atoms with Gasteiger partial charge in [-0.1, -0.05) is 29.8 Å². The number of hydrogen-bond donors (Lipinski definition) is 1. The lowest BCUT2D eigenvalue weighted by Crippen LogP contribution is -1.99. The molecular weight excluding hydrogens is 316 g/mol. The molecule has 0 aliphatic carbocycles. The molecule has 4 heteroatoms. The summed E-state index contributed by atoms with van der Waals surface area (Å²) in [4.78, 5) is 0. The van der Waals surface area contributed by atoms with Crippen molar-refractivity contribution in [2.75, 3.05) is 7.11 Å². The summed E-state index contributed by atoms with van der Waals surface area (Å²) in [6.07, 6.45) is -0.676. The molecular formula is C14H12BrClO2. The van der Waals surface area contributed by atoms with Crippen LogP contribution in [0.4, 0.5) is 0 Å². The molecule has 1 unspecified atom stereocenters. The summed E-state index contributed by atoms with van der Waals surface area (Å²) in [5, 5.41) is 10.9. The highest BCUT2D eigenvalue weighted by Gasteiger charge is 2.12. The summed E-state index contributed by atoms with van der Waals surface area (Å²) >= 11 is 9.22. The van der Waals surface area contributed by atoms with Gasteiger partial charge < -0.3 is 9.84 Å². The van der Waals surface area contributed by atoms with Crippen LogP contribution in [0.3, 0.4) is 0 Å². The van der Waals surface area contributed by atoms with Crippen molar-refractivity contribution < 1.29 is 9.84 Å². The van der Waals surface area contributed by atoms with Gasteiger partial charge in [-0.05, 0) is 51.3 Å². The Balaban J connectivity index is 2.31. The molecule has 2 aromatic rings. The van der Waals surface area contributed by atoms with Gasteiger partial charge in [-0.15, -0.1) is 0 Å². The quantitative estimate of drug-likeness (QED) is 0.916. The molecule has 0 saturated carbocycles. The van der Waals surface area contributed by atoms with Crippen molar-refractivity contribution in [2.24, 2.45) is 0 Å². The van der Waals surface area contributed by atoms with E-state index in [1.165, 1.54) is 0 Å². The Morgan fingerprint density at radius 2 is 1.72 bits per heavy atom.